The highest BCUT2D eigenvalue weighted by atomic mass is 19.4. The van der Waals surface area contributed by atoms with Crippen molar-refractivity contribution < 1.29 is 22.8 Å². The second-order valence-electron chi connectivity index (χ2n) is 4.64. The summed E-state index contributed by atoms with van der Waals surface area (Å²) in [7, 11) is 0. The summed E-state index contributed by atoms with van der Waals surface area (Å²) in [6.45, 7) is 0. The van der Waals surface area contributed by atoms with Gasteiger partial charge in [0.15, 0.2) is 0 Å². The third kappa shape index (κ3) is 4.94. The van der Waals surface area contributed by atoms with Crippen LogP contribution in [0.2, 0.25) is 0 Å². The van der Waals surface area contributed by atoms with E-state index in [0.717, 1.165) is 18.2 Å². The van der Waals surface area contributed by atoms with E-state index >= 15 is 0 Å². The molecular formula is C16H12F3N3O2. The number of hydrazine groups is 1. The molecule has 2 rings (SSSR count). The van der Waals surface area contributed by atoms with Gasteiger partial charge in [-0.1, -0.05) is 12.1 Å². The van der Waals surface area contributed by atoms with E-state index in [1.807, 2.05) is 0 Å². The first-order chi connectivity index (χ1) is 11.4. The molecule has 0 aliphatic heterocycles. The van der Waals surface area contributed by atoms with Crippen LogP contribution in [0.25, 0.3) is 6.08 Å². The summed E-state index contributed by atoms with van der Waals surface area (Å²) in [5.41, 5.74) is 4.00. The van der Waals surface area contributed by atoms with Crippen molar-refractivity contribution >= 4 is 17.9 Å². The first-order valence-electron chi connectivity index (χ1n) is 6.72. The number of benzene rings is 1. The van der Waals surface area contributed by atoms with Crippen molar-refractivity contribution in [2.24, 2.45) is 0 Å². The standard InChI is InChI=1S/C16H12F3N3O2/c17-16(18,19)13-3-1-2-11(10-13)4-5-14(23)21-22-15(24)12-6-8-20-9-7-12/h1-10H,(H,21,23)(H,22,24)/b5-4+. The van der Waals surface area contributed by atoms with Gasteiger partial charge < -0.3 is 0 Å². The molecule has 0 saturated heterocycles. The number of nitrogens with one attached hydrogen (secondary N) is 2. The molecule has 1 aromatic carbocycles. The Balaban J connectivity index is 1.93. The van der Waals surface area contributed by atoms with Gasteiger partial charge in [-0.15, -0.1) is 0 Å². The highest BCUT2D eigenvalue weighted by Gasteiger charge is 2.30. The zero-order chi connectivity index (χ0) is 17.6. The average molecular weight is 335 g/mol. The summed E-state index contributed by atoms with van der Waals surface area (Å²) in [6.07, 6.45) is 0.616. The molecule has 2 amide bonds. The third-order valence-electron chi connectivity index (χ3n) is 2.88. The molecule has 8 heteroatoms. The van der Waals surface area contributed by atoms with Crippen LogP contribution < -0.4 is 10.9 Å². The number of halogens is 3. The van der Waals surface area contributed by atoms with Crippen molar-refractivity contribution in [3.63, 3.8) is 0 Å². The molecule has 124 valence electrons. The van der Waals surface area contributed by atoms with Crippen molar-refractivity contribution in [2.45, 2.75) is 6.18 Å². The summed E-state index contributed by atoms with van der Waals surface area (Å²) in [6, 6.07) is 7.44. The molecule has 0 aliphatic carbocycles. The lowest BCUT2D eigenvalue weighted by Gasteiger charge is -2.07. The van der Waals surface area contributed by atoms with Crippen LogP contribution in [0.3, 0.4) is 0 Å². The first-order valence-corrected chi connectivity index (χ1v) is 6.72. The Hall–Kier alpha value is -3.16. The first kappa shape index (κ1) is 17.2. The second-order valence-corrected chi connectivity index (χ2v) is 4.64. The number of hydrogen-bond donors (Lipinski definition) is 2. The Kier molecular flexibility index (Phi) is 5.31. The van der Waals surface area contributed by atoms with Crippen LogP contribution in [0, 0.1) is 0 Å². The van der Waals surface area contributed by atoms with Crippen molar-refractivity contribution in [3.8, 4) is 0 Å². The lowest BCUT2D eigenvalue weighted by atomic mass is 10.1. The highest BCUT2D eigenvalue weighted by Crippen LogP contribution is 2.29. The van der Waals surface area contributed by atoms with Crippen LogP contribution in [0.1, 0.15) is 21.5 Å². The van der Waals surface area contributed by atoms with E-state index < -0.39 is 23.6 Å². The minimum Gasteiger partial charge on any atom is -0.268 e. The Morgan fingerprint density at radius 2 is 1.75 bits per heavy atom. The summed E-state index contributed by atoms with van der Waals surface area (Å²) in [5.74, 6) is -1.23. The Morgan fingerprint density at radius 3 is 2.42 bits per heavy atom. The van der Waals surface area contributed by atoms with Gasteiger partial charge in [0.1, 0.15) is 0 Å². The number of alkyl halides is 3. The zero-order valence-corrected chi connectivity index (χ0v) is 12.2. The van der Waals surface area contributed by atoms with E-state index in [0.29, 0.717) is 5.56 Å². The van der Waals surface area contributed by atoms with Gasteiger partial charge in [0, 0.05) is 24.0 Å². The Bertz CT molecular complexity index is 759. The smallest absolute Gasteiger partial charge is 0.268 e. The van der Waals surface area contributed by atoms with E-state index in [1.54, 1.807) is 0 Å². The topological polar surface area (TPSA) is 71.1 Å². The normalized spacial score (nSPS) is 11.3. The number of carbonyl (C=O) groups is 2. The maximum Gasteiger partial charge on any atom is 0.416 e. The predicted molar refractivity (Wildman–Crippen MR) is 80.3 cm³/mol. The molecule has 24 heavy (non-hydrogen) atoms. The monoisotopic (exact) mass is 335 g/mol. The van der Waals surface area contributed by atoms with E-state index in [9.17, 15) is 22.8 Å². The molecule has 0 bridgehead atoms. The highest BCUT2D eigenvalue weighted by molar-refractivity contribution is 5.97. The van der Waals surface area contributed by atoms with Crippen LogP contribution in [0.5, 0.6) is 0 Å². The molecule has 0 saturated carbocycles. The molecule has 0 spiro atoms. The fraction of sp³-hybridized carbons (Fsp3) is 0.0625. The van der Waals surface area contributed by atoms with Crippen LogP contribution in [-0.4, -0.2) is 16.8 Å². The largest absolute Gasteiger partial charge is 0.416 e. The molecule has 5 nitrogen and oxygen atoms in total. The van der Waals surface area contributed by atoms with Crippen molar-refractivity contribution in [3.05, 3.63) is 71.6 Å². The van der Waals surface area contributed by atoms with Crippen LogP contribution in [-0.2, 0) is 11.0 Å². The lowest BCUT2D eigenvalue weighted by Crippen LogP contribution is -2.40. The summed E-state index contributed by atoms with van der Waals surface area (Å²) in [4.78, 5) is 27.0. The van der Waals surface area contributed by atoms with E-state index in [1.165, 1.54) is 42.7 Å². The van der Waals surface area contributed by atoms with Gasteiger partial charge in [-0.3, -0.25) is 25.4 Å². The van der Waals surface area contributed by atoms with Gasteiger partial charge in [-0.2, -0.15) is 13.2 Å². The molecule has 0 unspecified atom stereocenters. The number of aromatic nitrogens is 1. The molecule has 2 aromatic rings. The SMILES string of the molecule is O=C(/C=C/c1cccc(C(F)(F)F)c1)NNC(=O)c1ccncc1. The maximum atomic E-state index is 12.6. The molecule has 0 atom stereocenters. The molecule has 1 aromatic heterocycles. The number of amides is 2. The lowest BCUT2D eigenvalue weighted by molar-refractivity contribution is -0.137. The molecule has 1 heterocycles. The molecule has 2 N–H and O–H groups in total. The second kappa shape index (κ2) is 7.40. The number of hydrogen-bond acceptors (Lipinski definition) is 3. The number of nitrogens with zero attached hydrogens (tertiary/aromatic N) is 1. The fourth-order valence-electron chi connectivity index (χ4n) is 1.73. The van der Waals surface area contributed by atoms with E-state index in [2.05, 4.69) is 15.8 Å². The fourth-order valence-corrected chi connectivity index (χ4v) is 1.73. The molecular weight excluding hydrogens is 323 g/mol. The predicted octanol–water partition coefficient (Wildman–Crippen LogP) is 2.57. The summed E-state index contributed by atoms with van der Waals surface area (Å²) in [5, 5.41) is 0. The number of rotatable bonds is 3. The van der Waals surface area contributed by atoms with E-state index in [-0.39, 0.29) is 5.56 Å². The summed E-state index contributed by atoms with van der Waals surface area (Å²) < 4.78 is 37.7. The van der Waals surface area contributed by atoms with Crippen molar-refractivity contribution in [1.82, 2.24) is 15.8 Å². The number of pyridine rings is 1. The third-order valence-corrected chi connectivity index (χ3v) is 2.88. The molecule has 0 aliphatic rings. The average Bonchev–Trinajstić information content (AvgIpc) is 2.58. The Morgan fingerprint density at radius 1 is 1.04 bits per heavy atom. The van der Waals surface area contributed by atoms with Gasteiger partial charge >= 0.3 is 6.18 Å². The quantitative estimate of drug-likeness (QED) is 0.669. The van der Waals surface area contributed by atoms with Gasteiger partial charge in [-0.25, -0.2) is 0 Å². The molecule has 0 radical (unpaired) electrons. The van der Waals surface area contributed by atoms with Crippen LogP contribution in [0.4, 0.5) is 13.2 Å². The van der Waals surface area contributed by atoms with Gasteiger partial charge in [0.05, 0.1) is 5.56 Å². The molecule has 0 fully saturated rings. The van der Waals surface area contributed by atoms with Gasteiger partial charge in [-0.05, 0) is 35.9 Å². The van der Waals surface area contributed by atoms with Crippen LogP contribution in [0.15, 0.2) is 54.9 Å². The van der Waals surface area contributed by atoms with Gasteiger partial charge in [0.2, 0.25) is 0 Å². The Labute approximate surface area is 135 Å². The van der Waals surface area contributed by atoms with E-state index in [4.69, 9.17) is 0 Å². The van der Waals surface area contributed by atoms with Crippen LogP contribution >= 0.6 is 0 Å². The maximum absolute atomic E-state index is 12.6. The summed E-state index contributed by atoms with van der Waals surface area (Å²) >= 11 is 0. The minimum absolute atomic E-state index is 0.209. The van der Waals surface area contributed by atoms with Gasteiger partial charge in [0.25, 0.3) is 11.8 Å². The minimum atomic E-state index is -4.45. The van der Waals surface area contributed by atoms with Crippen molar-refractivity contribution in [2.75, 3.05) is 0 Å². The number of carbonyl (C=O) groups excluding carboxylic acids is 2. The van der Waals surface area contributed by atoms with Crippen molar-refractivity contribution in [1.29, 1.82) is 0 Å². The zero-order valence-electron chi connectivity index (χ0n) is 12.2.